The summed E-state index contributed by atoms with van der Waals surface area (Å²) < 4.78 is 24.8. The number of rotatable bonds is 9. The molecule has 41 heavy (non-hydrogen) atoms. The molecule has 3 rings (SSSR count). The number of Topliss-reactive ketones (excluding diaryl/α,β-unsaturated/α-hetero) is 1. The van der Waals surface area contributed by atoms with Crippen LogP contribution in [0.4, 0.5) is 14.9 Å². The summed E-state index contributed by atoms with van der Waals surface area (Å²) in [7, 11) is 1.15. The number of anilines is 1. The fraction of sp³-hybridized carbons (Fsp3) is 0.464. The third-order valence-corrected chi connectivity index (χ3v) is 6.44. The predicted molar refractivity (Wildman–Crippen MR) is 147 cm³/mol. The van der Waals surface area contributed by atoms with E-state index in [4.69, 9.17) is 4.42 Å². The molecule has 0 bridgehead atoms. The van der Waals surface area contributed by atoms with Gasteiger partial charge in [-0.05, 0) is 37.5 Å². The predicted octanol–water partition coefficient (Wildman–Crippen LogP) is 3.59. The van der Waals surface area contributed by atoms with Crippen LogP contribution < -0.4 is 16.2 Å². The largest absolute Gasteiger partial charge is 0.453 e. The maximum atomic E-state index is 13.4. The van der Waals surface area contributed by atoms with E-state index < -0.39 is 46.8 Å². The van der Waals surface area contributed by atoms with E-state index in [0.29, 0.717) is 11.4 Å². The van der Waals surface area contributed by atoms with Crippen molar-refractivity contribution in [3.05, 3.63) is 69.8 Å². The van der Waals surface area contributed by atoms with Crippen LogP contribution in [-0.4, -0.2) is 50.7 Å². The normalized spacial score (nSPS) is 12.6. The molecule has 12 nitrogen and oxygen atoms in total. The van der Waals surface area contributed by atoms with E-state index in [2.05, 4.69) is 30.6 Å². The molecule has 2 aromatic heterocycles. The number of carbonyl (C=O) groups is 3. The molecule has 2 heterocycles. The van der Waals surface area contributed by atoms with Crippen LogP contribution in [0.1, 0.15) is 76.4 Å². The van der Waals surface area contributed by atoms with Gasteiger partial charge in [-0.15, -0.1) is 10.2 Å². The lowest BCUT2D eigenvalue weighted by atomic mass is 9.84. The highest BCUT2D eigenvalue weighted by molar-refractivity contribution is 5.98. The van der Waals surface area contributed by atoms with Crippen molar-refractivity contribution in [2.24, 2.45) is 5.92 Å². The van der Waals surface area contributed by atoms with Crippen molar-refractivity contribution in [3.63, 3.8) is 0 Å². The first-order chi connectivity index (χ1) is 19.1. The van der Waals surface area contributed by atoms with E-state index in [0.717, 1.165) is 11.7 Å². The average molecular weight is 571 g/mol. The Hall–Kier alpha value is -4.42. The number of hydrogen-bond acceptors (Lipinski definition) is 9. The minimum absolute atomic E-state index is 0.142. The number of amides is 2. The highest BCUT2D eigenvalue weighted by Gasteiger charge is 2.34. The molecule has 0 radical (unpaired) electrons. The molecule has 0 saturated carbocycles. The lowest BCUT2D eigenvalue weighted by molar-refractivity contribution is -0.122. The topological polar surface area (TPSA) is 158 Å². The summed E-state index contributed by atoms with van der Waals surface area (Å²) in [5.41, 5.74) is -1.59. The smallest absolute Gasteiger partial charge is 0.411 e. The Morgan fingerprint density at radius 2 is 1.71 bits per heavy atom. The first kappa shape index (κ1) is 31.1. The molecule has 1 unspecified atom stereocenters. The van der Waals surface area contributed by atoms with Crippen LogP contribution in [0.3, 0.4) is 0 Å². The molecule has 1 atom stereocenters. The molecule has 0 aliphatic heterocycles. The van der Waals surface area contributed by atoms with Gasteiger partial charge in [-0.3, -0.25) is 24.3 Å². The van der Waals surface area contributed by atoms with Gasteiger partial charge in [0.1, 0.15) is 23.9 Å². The number of ketones is 1. The van der Waals surface area contributed by atoms with Crippen LogP contribution in [0.5, 0.6) is 0 Å². The van der Waals surface area contributed by atoms with E-state index in [9.17, 15) is 23.6 Å². The van der Waals surface area contributed by atoms with Crippen LogP contribution >= 0.6 is 0 Å². The highest BCUT2D eigenvalue weighted by Crippen LogP contribution is 2.31. The number of ether oxygens (including phenoxy) is 1. The van der Waals surface area contributed by atoms with Gasteiger partial charge in [-0.2, -0.15) is 0 Å². The van der Waals surface area contributed by atoms with Crippen LogP contribution in [0.15, 0.2) is 39.7 Å². The Balaban J connectivity index is 1.86. The van der Waals surface area contributed by atoms with Gasteiger partial charge >= 0.3 is 6.09 Å². The molecule has 0 aliphatic carbocycles. The van der Waals surface area contributed by atoms with Gasteiger partial charge in [0, 0.05) is 5.41 Å². The maximum Gasteiger partial charge on any atom is 0.411 e. The lowest BCUT2D eigenvalue weighted by Gasteiger charge is -2.24. The van der Waals surface area contributed by atoms with Crippen molar-refractivity contribution in [2.45, 2.75) is 71.9 Å². The second-order valence-electron chi connectivity index (χ2n) is 11.5. The molecule has 2 N–H and O–H groups in total. The summed E-state index contributed by atoms with van der Waals surface area (Å²) >= 11 is 0. The Bertz CT molecular complexity index is 1490. The van der Waals surface area contributed by atoms with E-state index in [1.807, 2.05) is 20.8 Å². The van der Waals surface area contributed by atoms with Gasteiger partial charge < -0.3 is 14.5 Å². The number of hydrogen-bond donors (Lipinski definition) is 2. The Kier molecular flexibility index (Phi) is 9.09. The first-order valence-corrected chi connectivity index (χ1v) is 12.9. The standard InChI is InChI=1S/C28H35FN6O6/c1-15(2)20(21(37)22-33-34-25(41-22)28(6,7)16-9-11-17(29)12-10-16)32-19(36)14-35-23(38)18(31-26(39)40-8)13-30-24(35)27(3,4)5/h9-13,15,20H,14H2,1-8H3,(H,31,39)(H,32,36). The van der Waals surface area contributed by atoms with Crippen molar-refractivity contribution in [1.82, 2.24) is 25.1 Å². The van der Waals surface area contributed by atoms with Gasteiger partial charge in [-0.25, -0.2) is 14.2 Å². The third kappa shape index (κ3) is 7.02. The van der Waals surface area contributed by atoms with E-state index >= 15 is 0 Å². The number of benzene rings is 1. The van der Waals surface area contributed by atoms with Crippen molar-refractivity contribution in [1.29, 1.82) is 0 Å². The van der Waals surface area contributed by atoms with Gasteiger partial charge in [0.25, 0.3) is 11.4 Å². The fourth-order valence-corrected chi connectivity index (χ4v) is 4.08. The number of methoxy groups -OCH3 is 1. The summed E-state index contributed by atoms with van der Waals surface area (Å²) in [5, 5.41) is 12.9. The average Bonchev–Trinajstić information content (AvgIpc) is 3.40. The number of carbonyl (C=O) groups excluding carboxylic acids is 3. The van der Waals surface area contributed by atoms with Crippen molar-refractivity contribution in [2.75, 3.05) is 12.4 Å². The Labute approximate surface area is 236 Å². The quantitative estimate of drug-likeness (QED) is 0.367. The van der Waals surface area contributed by atoms with Gasteiger partial charge in [0.05, 0.1) is 24.8 Å². The molecular formula is C28H35FN6O6. The molecule has 13 heteroatoms. The van der Waals surface area contributed by atoms with Crippen molar-refractivity contribution < 1.29 is 27.9 Å². The molecule has 1 aromatic carbocycles. The Morgan fingerprint density at radius 1 is 1.07 bits per heavy atom. The third-order valence-electron chi connectivity index (χ3n) is 6.44. The molecule has 220 valence electrons. The highest BCUT2D eigenvalue weighted by atomic mass is 19.1. The van der Waals surface area contributed by atoms with Crippen LogP contribution in [-0.2, 0) is 26.9 Å². The van der Waals surface area contributed by atoms with Crippen LogP contribution in [0, 0.1) is 11.7 Å². The molecule has 0 aliphatic rings. The number of nitrogens with zero attached hydrogens (tertiary/aromatic N) is 4. The molecule has 0 fully saturated rings. The summed E-state index contributed by atoms with van der Waals surface area (Å²) in [6.07, 6.45) is 0.338. The summed E-state index contributed by atoms with van der Waals surface area (Å²) in [6, 6.07) is 4.77. The summed E-state index contributed by atoms with van der Waals surface area (Å²) in [4.78, 5) is 55.7. The zero-order valence-electron chi connectivity index (χ0n) is 24.4. The second kappa shape index (κ2) is 12.0. The van der Waals surface area contributed by atoms with E-state index in [-0.39, 0.29) is 29.2 Å². The monoisotopic (exact) mass is 570 g/mol. The van der Waals surface area contributed by atoms with Gasteiger partial charge in [-0.1, -0.05) is 46.8 Å². The number of nitrogens with one attached hydrogen (secondary N) is 2. The maximum absolute atomic E-state index is 13.4. The van der Waals surface area contributed by atoms with Gasteiger partial charge in [0.2, 0.25) is 17.6 Å². The number of halogens is 1. The zero-order valence-corrected chi connectivity index (χ0v) is 24.4. The van der Waals surface area contributed by atoms with Crippen molar-refractivity contribution in [3.8, 4) is 0 Å². The molecule has 3 aromatic rings. The van der Waals surface area contributed by atoms with Gasteiger partial charge in [0.15, 0.2) is 0 Å². The minimum atomic E-state index is -1.05. The first-order valence-electron chi connectivity index (χ1n) is 12.9. The molecule has 2 amide bonds. The summed E-state index contributed by atoms with van der Waals surface area (Å²) in [6.45, 7) is 12.0. The zero-order chi connectivity index (χ0) is 30.7. The van der Waals surface area contributed by atoms with Crippen LogP contribution in [0.2, 0.25) is 0 Å². The molecule has 0 spiro atoms. The lowest BCUT2D eigenvalue weighted by Crippen LogP contribution is -2.47. The number of aromatic nitrogens is 4. The SMILES string of the molecule is COC(=O)Nc1cnc(C(C)(C)C)n(CC(=O)NC(C(=O)c2nnc(C(C)(C)c3ccc(F)cc3)o2)C(C)C)c1=O. The van der Waals surface area contributed by atoms with E-state index in [1.54, 1.807) is 39.8 Å². The fourth-order valence-electron chi connectivity index (χ4n) is 4.08. The molecular weight excluding hydrogens is 535 g/mol. The Morgan fingerprint density at radius 3 is 2.27 bits per heavy atom. The summed E-state index contributed by atoms with van der Waals surface area (Å²) in [5.74, 6) is -1.88. The second-order valence-corrected chi connectivity index (χ2v) is 11.5. The van der Waals surface area contributed by atoms with Crippen LogP contribution in [0.25, 0.3) is 0 Å². The van der Waals surface area contributed by atoms with E-state index in [1.165, 1.54) is 18.3 Å². The molecule has 0 saturated heterocycles. The minimum Gasteiger partial charge on any atom is -0.453 e. The van der Waals surface area contributed by atoms with Crippen molar-refractivity contribution >= 4 is 23.5 Å².